The van der Waals surface area contributed by atoms with Gasteiger partial charge in [-0.3, -0.25) is 0 Å². The van der Waals surface area contributed by atoms with Gasteiger partial charge in [-0.25, -0.2) is 9.37 Å². The van der Waals surface area contributed by atoms with Crippen LogP contribution in [0, 0.1) is 5.82 Å². The van der Waals surface area contributed by atoms with Crippen molar-refractivity contribution in [1.29, 1.82) is 0 Å². The molecular weight excluding hydrogens is 269 g/mol. The van der Waals surface area contributed by atoms with Gasteiger partial charge in [0.1, 0.15) is 11.6 Å². The highest BCUT2D eigenvalue weighted by molar-refractivity contribution is 5.91. The van der Waals surface area contributed by atoms with Gasteiger partial charge in [0.2, 0.25) is 5.95 Å². The van der Waals surface area contributed by atoms with E-state index in [1.54, 1.807) is 6.07 Å². The summed E-state index contributed by atoms with van der Waals surface area (Å²) in [7, 11) is 0. The third-order valence-electron chi connectivity index (χ3n) is 3.13. The van der Waals surface area contributed by atoms with Crippen molar-refractivity contribution in [2.45, 2.75) is 6.54 Å². The fraction of sp³-hybridized carbons (Fsp3) is 0.0667. The van der Waals surface area contributed by atoms with E-state index in [9.17, 15) is 4.39 Å². The van der Waals surface area contributed by atoms with E-state index in [1.165, 1.54) is 12.1 Å². The molecule has 3 rings (SSSR count). The van der Waals surface area contributed by atoms with E-state index in [0.29, 0.717) is 17.9 Å². The summed E-state index contributed by atoms with van der Waals surface area (Å²) in [5.41, 5.74) is 13.8. The fourth-order valence-electron chi connectivity index (χ4n) is 2.13. The van der Waals surface area contributed by atoms with Crippen LogP contribution in [0.1, 0.15) is 5.56 Å². The van der Waals surface area contributed by atoms with Crippen molar-refractivity contribution in [3.05, 3.63) is 53.8 Å². The van der Waals surface area contributed by atoms with Crippen molar-refractivity contribution in [3.8, 4) is 0 Å². The second-order valence-corrected chi connectivity index (χ2v) is 4.68. The number of nitrogens with one attached hydrogen (secondary N) is 1. The van der Waals surface area contributed by atoms with E-state index in [2.05, 4.69) is 15.3 Å². The highest BCUT2D eigenvalue weighted by atomic mass is 19.1. The van der Waals surface area contributed by atoms with Crippen LogP contribution >= 0.6 is 0 Å². The van der Waals surface area contributed by atoms with Gasteiger partial charge < -0.3 is 16.8 Å². The van der Waals surface area contributed by atoms with Gasteiger partial charge >= 0.3 is 0 Å². The maximum absolute atomic E-state index is 13.1. The van der Waals surface area contributed by atoms with E-state index < -0.39 is 0 Å². The number of benzene rings is 2. The Labute approximate surface area is 120 Å². The molecule has 0 atom stereocenters. The largest absolute Gasteiger partial charge is 0.383 e. The molecule has 0 radical (unpaired) electrons. The van der Waals surface area contributed by atoms with Gasteiger partial charge in [-0.2, -0.15) is 4.98 Å². The standard InChI is InChI=1S/C15H14FN5/c16-10-3-1-2-9(6-10)8-19-11-4-5-13-12(7-11)14(17)21-15(18)20-13/h1-7,19H,8H2,(H4,17,18,20,21). The van der Waals surface area contributed by atoms with Gasteiger partial charge in [0.15, 0.2) is 0 Å². The van der Waals surface area contributed by atoms with Crippen LogP contribution in [0.3, 0.4) is 0 Å². The molecule has 0 saturated carbocycles. The summed E-state index contributed by atoms with van der Waals surface area (Å²) >= 11 is 0. The van der Waals surface area contributed by atoms with Crippen molar-refractivity contribution < 1.29 is 4.39 Å². The SMILES string of the molecule is Nc1nc(N)c2cc(NCc3cccc(F)c3)ccc2n1. The number of nitrogens with zero attached hydrogens (tertiary/aromatic N) is 2. The van der Waals surface area contributed by atoms with Gasteiger partial charge in [0, 0.05) is 17.6 Å². The Hall–Kier alpha value is -2.89. The lowest BCUT2D eigenvalue weighted by molar-refractivity contribution is 0.626. The molecule has 5 nitrogen and oxygen atoms in total. The van der Waals surface area contributed by atoms with Crippen LogP contribution < -0.4 is 16.8 Å². The molecule has 1 aromatic heterocycles. The lowest BCUT2D eigenvalue weighted by atomic mass is 10.2. The molecule has 0 aliphatic carbocycles. The molecule has 0 amide bonds. The van der Waals surface area contributed by atoms with Gasteiger partial charge in [0.25, 0.3) is 0 Å². The van der Waals surface area contributed by atoms with Crippen molar-refractivity contribution in [2.75, 3.05) is 16.8 Å². The topological polar surface area (TPSA) is 89.8 Å². The molecule has 0 unspecified atom stereocenters. The summed E-state index contributed by atoms with van der Waals surface area (Å²) in [6, 6.07) is 12.0. The van der Waals surface area contributed by atoms with Crippen LogP contribution in [-0.4, -0.2) is 9.97 Å². The predicted octanol–water partition coefficient (Wildman–Crippen LogP) is 2.55. The van der Waals surface area contributed by atoms with Crippen molar-refractivity contribution in [3.63, 3.8) is 0 Å². The first kappa shape index (κ1) is 13.1. The summed E-state index contributed by atoms with van der Waals surface area (Å²) in [5, 5.41) is 3.94. The molecule has 0 bridgehead atoms. The Morgan fingerprint density at radius 2 is 1.90 bits per heavy atom. The third-order valence-corrected chi connectivity index (χ3v) is 3.13. The van der Waals surface area contributed by atoms with Gasteiger partial charge in [-0.1, -0.05) is 12.1 Å². The van der Waals surface area contributed by atoms with Crippen LogP contribution in [-0.2, 0) is 6.54 Å². The monoisotopic (exact) mass is 283 g/mol. The molecular formula is C15H14FN5. The number of hydrogen-bond acceptors (Lipinski definition) is 5. The Balaban J connectivity index is 1.85. The summed E-state index contributed by atoms with van der Waals surface area (Å²) in [4.78, 5) is 8.06. The fourth-order valence-corrected chi connectivity index (χ4v) is 2.13. The molecule has 0 aliphatic rings. The minimum atomic E-state index is -0.249. The second-order valence-electron chi connectivity index (χ2n) is 4.68. The maximum Gasteiger partial charge on any atom is 0.222 e. The van der Waals surface area contributed by atoms with Crippen LogP contribution in [0.25, 0.3) is 10.9 Å². The first-order chi connectivity index (χ1) is 10.1. The minimum Gasteiger partial charge on any atom is -0.383 e. The van der Waals surface area contributed by atoms with Crippen LogP contribution in [0.15, 0.2) is 42.5 Å². The number of fused-ring (bicyclic) bond motifs is 1. The smallest absolute Gasteiger partial charge is 0.222 e. The molecule has 0 aliphatic heterocycles. The molecule has 5 N–H and O–H groups in total. The van der Waals surface area contributed by atoms with E-state index in [1.807, 2.05) is 24.3 Å². The van der Waals surface area contributed by atoms with Crippen molar-refractivity contribution in [1.82, 2.24) is 9.97 Å². The molecule has 0 spiro atoms. The quantitative estimate of drug-likeness (QED) is 0.687. The third kappa shape index (κ3) is 2.84. The average Bonchev–Trinajstić information content (AvgIpc) is 2.45. The van der Waals surface area contributed by atoms with Crippen LogP contribution in [0.2, 0.25) is 0 Å². The summed E-state index contributed by atoms with van der Waals surface area (Å²) in [6.07, 6.45) is 0. The predicted molar refractivity (Wildman–Crippen MR) is 82.1 cm³/mol. The molecule has 0 fully saturated rings. The highest BCUT2D eigenvalue weighted by Crippen LogP contribution is 2.23. The maximum atomic E-state index is 13.1. The highest BCUT2D eigenvalue weighted by Gasteiger charge is 2.04. The van der Waals surface area contributed by atoms with E-state index in [4.69, 9.17) is 11.5 Å². The molecule has 3 aromatic rings. The number of hydrogen-bond donors (Lipinski definition) is 3. The van der Waals surface area contributed by atoms with Crippen LogP contribution in [0.5, 0.6) is 0 Å². The zero-order chi connectivity index (χ0) is 14.8. The number of nitrogen functional groups attached to an aromatic ring is 2. The van der Waals surface area contributed by atoms with E-state index in [-0.39, 0.29) is 11.8 Å². The molecule has 0 saturated heterocycles. The minimum absolute atomic E-state index is 0.153. The van der Waals surface area contributed by atoms with E-state index >= 15 is 0 Å². The Morgan fingerprint density at radius 1 is 1.05 bits per heavy atom. The lowest BCUT2D eigenvalue weighted by Gasteiger charge is -2.09. The zero-order valence-corrected chi connectivity index (χ0v) is 11.2. The summed E-state index contributed by atoms with van der Waals surface area (Å²) < 4.78 is 13.1. The molecule has 6 heteroatoms. The summed E-state index contributed by atoms with van der Waals surface area (Å²) in [6.45, 7) is 0.513. The number of nitrogens with two attached hydrogens (primary N) is 2. The average molecular weight is 283 g/mol. The van der Waals surface area contributed by atoms with Gasteiger partial charge in [0.05, 0.1) is 5.52 Å². The van der Waals surface area contributed by atoms with Gasteiger partial charge in [-0.15, -0.1) is 0 Å². The normalized spacial score (nSPS) is 10.7. The molecule has 2 aromatic carbocycles. The first-order valence-electron chi connectivity index (χ1n) is 6.43. The Morgan fingerprint density at radius 3 is 2.71 bits per heavy atom. The molecule has 21 heavy (non-hydrogen) atoms. The number of halogens is 1. The zero-order valence-electron chi connectivity index (χ0n) is 11.2. The number of rotatable bonds is 3. The second kappa shape index (κ2) is 5.24. The number of aromatic nitrogens is 2. The van der Waals surface area contributed by atoms with Gasteiger partial charge in [-0.05, 0) is 35.9 Å². The summed E-state index contributed by atoms with van der Waals surface area (Å²) in [5.74, 6) is 0.244. The molecule has 106 valence electrons. The van der Waals surface area contributed by atoms with Crippen molar-refractivity contribution >= 4 is 28.4 Å². The van der Waals surface area contributed by atoms with E-state index in [0.717, 1.165) is 16.6 Å². The Bertz CT molecular complexity index is 803. The number of anilines is 3. The Kier molecular flexibility index (Phi) is 3.27. The van der Waals surface area contributed by atoms with Crippen LogP contribution in [0.4, 0.5) is 21.8 Å². The first-order valence-corrected chi connectivity index (χ1v) is 6.43. The van der Waals surface area contributed by atoms with Crippen molar-refractivity contribution in [2.24, 2.45) is 0 Å². The molecule has 1 heterocycles. The lowest BCUT2D eigenvalue weighted by Crippen LogP contribution is -2.02.